The van der Waals surface area contributed by atoms with Crippen LogP contribution in [0.15, 0.2) is 0 Å². The first-order valence-corrected chi connectivity index (χ1v) is 42.7. The quantitative estimate of drug-likeness (QED) is 0.0222. The average molecular weight is 1410 g/mol. The fourth-order valence-corrected chi connectivity index (χ4v) is 13.3. The van der Waals surface area contributed by atoms with E-state index >= 15 is 0 Å². The molecule has 96 heavy (non-hydrogen) atoms. The molecular weight excluding hydrogens is 1260 g/mol. The molecule has 17 nitrogen and oxygen atoms in total. The fraction of sp³-hybridized carbons (Fsp3) is 0.948. The van der Waals surface area contributed by atoms with E-state index in [1.807, 2.05) is 0 Å². The lowest BCUT2D eigenvalue weighted by atomic mass is 10.0. The van der Waals surface area contributed by atoms with Crippen molar-refractivity contribution in [2.24, 2.45) is 23.7 Å². The van der Waals surface area contributed by atoms with Crippen LogP contribution in [-0.2, 0) is 65.4 Å². The van der Waals surface area contributed by atoms with Gasteiger partial charge in [0.2, 0.25) is 0 Å². The summed E-state index contributed by atoms with van der Waals surface area (Å²) in [6.07, 6.45) is 51.3. The van der Waals surface area contributed by atoms with Crippen LogP contribution in [0.25, 0.3) is 0 Å². The van der Waals surface area contributed by atoms with Crippen LogP contribution in [0.4, 0.5) is 0 Å². The van der Waals surface area contributed by atoms with Crippen molar-refractivity contribution in [3.05, 3.63) is 0 Å². The second-order valence-electron chi connectivity index (χ2n) is 29.7. The third-order valence-corrected chi connectivity index (χ3v) is 19.7. The minimum atomic E-state index is -4.96. The van der Waals surface area contributed by atoms with Gasteiger partial charge in [0.15, 0.2) is 12.2 Å². The number of phosphoric acid groups is 2. The molecule has 3 N–H and O–H groups in total. The van der Waals surface area contributed by atoms with Crippen molar-refractivity contribution in [1.29, 1.82) is 0 Å². The molecule has 0 saturated carbocycles. The minimum Gasteiger partial charge on any atom is -0.462 e. The molecule has 0 aliphatic rings. The van der Waals surface area contributed by atoms with Gasteiger partial charge in [0.1, 0.15) is 19.3 Å². The van der Waals surface area contributed by atoms with Crippen LogP contribution in [0.5, 0.6) is 0 Å². The Labute approximate surface area is 588 Å². The summed E-state index contributed by atoms with van der Waals surface area (Å²) < 4.78 is 68.6. The van der Waals surface area contributed by atoms with E-state index in [0.717, 1.165) is 114 Å². The SMILES string of the molecule is CC(C)CCCCCCCCCCCCCCCC(=O)OC[C@H](COP(=O)(O)OCC(O)COP(=O)(O)OC[C@@H](COC(=O)CCCCCCCCCC(C)C)OC(=O)CCCCCCCCCCCCCCC(C)C)OC(=O)CCCCCCCCCCCCCCC(C)C. The van der Waals surface area contributed by atoms with E-state index < -0.39 is 97.5 Å². The number of aliphatic hydroxyl groups excluding tert-OH is 1. The predicted molar refractivity (Wildman–Crippen MR) is 391 cm³/mol. The van der Waals surface area contributed by atoms with Gasteiger partial charge in [-0.3, -0.25) is 37.3 Å². The van der Waals surface area contributed by atoms with Crippen LogP contribution in [0, 0.1) is 23.7 Å². The molecule has 0 aromatic heterocycles. The molecule has 0 aromatic rings. The summed E-state index contributed by atoms with van der Waals surface area (Å²) in [4.78, 5) is 72.9. The molecule has 0 heterocycles. The summed E-state index contributed by atoms with van der Waals surface area (Å²) in [6.45, 7) is 14.2. The molecule has 19 heteroatoms. The van der Waals surface area contributed by atoms with Gasteiger partial charge in [-0.1, -0.05) is 338 Å². The summed E-state index contributed by atoms with van der Waals surface area (Å²) in [5.74, 6) is 0.930. The molecule has 0 aromatic carbocycles. The molecule has 0 amide bonds. The molecular formula is C77H150O17P2. The molecule has 0 rings (SSSR count). The zero-order valence-electron chi connectivity index (χ0n) is 63.0. The number of hydrogen-bond acceptors (Lipinski definition) is 15. The lowest BCUT2D eigenvalue weighted by Crippen LogP contribution is -2.30. The van der Waals surface area contributed by atoms with Gasteiger partial charge in [-0.15, -0.1) is 0 Å². The smallest absolute Gasteiger partial charge is 0.462 e. The van der Waals surface area contributed by atoms with Gasteiger partial charge >= 0.3 is 39.5 Å². The summed E-state index contributed by atoms with van der Waals surface area (Å²) in [5, 5.41) is 10.6. The Morgan fingerprint density at radius 1 is 0.260 bits per heavy atom. The Hall–Kier alpha value is -1.94. The number of carbonyl (C=O) groups excluding carboxylic acids is 4. The monoisotopic (exact) mass is 1410 g/mol. The van der Waals surface area contributed by atoms with Crippen molar-refractivity contribution >= 4 is 39.5 Å². The maximum Gasteiger partial charge on any atom is 0.472 e. The minimum absolute atomic E-state index is 0.106. The number of unbranched alkanes of at least 4 members (excludes halogenated alkanes) is 40. The van der Waals surface area contributed by atoms with Crippen molar-refractivity contribution in [2.75, 3.05) is 39.6 Å². The van der Waals surface area contributed by atoms with Gasteiger partial charge in [0.05, 0.1) is 26.4 Å². The van der Waals surface area contributed by atoms with Crippen molar-refractivity contribution < 1.29 is 80.2 Å². The van der Waals surface area contributed by atoms with Crippen LogP contribution in [0.1, 0.15) is 389 Å². The summed E-state index contributed by atoms with van der Waals surface area (Å²) in [6, 6.07) is 0. The first-order chi connectivity index (χ1) is 46.1. The fourth-order valence-electron chi connectivity index (χ4n) is 11.7. The van der Waals surface area contributed by atoms with Crippen LogP contribution >= 0.6 is 15.6 Å². The largest absolute Gasteiger partial charge is 0.472 e. The lowest BCUT2D eigenvalue weighted by molar-refractivity contribution is -0.161. The number of esters is 4. The summed E-state index contributed by atoms with van der Waals surface area (Å²) >= 11 is 0. The maximum atomic E-state index is 13.1. The Morgan fingerprint density at radius 2 is 0.438 bits per heavy atom. The van der Waals surface area contributed by atoms with Crippen molar-refractivity contribution in [1.82, 2.24) is 0 Å². The van der Waals surface area contributed by atoms with E-state index in [1.54, 1.807) is 0 Å². The number of ether oxygens (including phenoxy) is 4. The zero-order chi connectivity index (χ0) is 71.0. The predicted octanol–water partition coefficient (Wildman–Crippen LogP) is 22.4. The first kappa shape index (κ1) is 94.1. The molecule has 3 unspecified atom stereocenters. The molecule has 0 radical (unpaired) electrons. The Morgan fingerprint density at radius 3 is 0.646 bits per heavy atom. The van der Waals surface area contributed by atoms with E-state index in [9.17, 15) is 43.2 Å². The Bertz CT molecular complexity index is 1880. The molecule has 0 bridgehead atoms. The highest BCUT2D eigenvalue weighted by Gasteiger charge is 2.30. The molecule has 570 valence electrons. The van der Waals surface area contributed by atoms with Crippen LogP contribution < -0.4 is 0 Å². The van der Waals surface area contributed by atoms with E-state index in [2.05, 4.69) is 55.4 Å². The van der Waals surface area contributed by atoms with Crippen molar-refractivity contribution in [3.63, 3.8) is 0 Å². The van der Waals surface area contributed by atoms with E-state index in [1.165, 1.54) is 186 Å². The second-order valence-corrected chi connectivity index (χ2v) is 32.6. The molecule has 0 aliphatic heterocycles. The number of phosphoric ester groups is 2. The van der Waals surface area contributed by atoms with Gasteiger partial charge < -0.3 is 33.8 Å². The molecule has 5 atom stereocenters. The molecule has 0 saturated heterocycles. The lowest BCUT2D eigenvalue weighted by Gasteiger charge is -2.21. The van der Waals surface area contributed by atoms with Gasteiger partial charge in [-0.25, -0.2) is 9.13 Å². The molecule has 0 fully saturated rings. The highest BCUT2D eigenvalue weighted by Crippen LogP contribution is 2.45. The highest BCUT2D eigenvalue weighted by molar-refractivity contribution is 7.47. The van der Waals surface area contributed by atoms with Gasteiger partial charge in [0, 0.05) is 25.7 Å². The zero-order valence-corrected chi connectivity index (χ0v) is 64.8. The first-order valence-electron chi connectivity index (χ1n) is 39.7. The Kier molecular flexibility index (Phi) is 65.0. The van der Waals surface area contributed by atoms with Crippen LogP contribution in [0.3, 0.4) is 0 Å². The van der Waals surface area contributed by atoms with Gasteiger partial charge in [-0.05, 0) is 49.4 Å². The van der Waals surface area contributed by atoms with E-state index in [-0.39, 0.29) is 25.7 Å². The average Bonchev–Trinajstić information content (AvgIpc) is 1.30. The maximum absolute atomic E-state index is 13.1. The normalized spacial score (nSPS) is 14.1. The van der Waals surface area contributed by atoms with Crippen LogP contribution in [0.2, 0.25) is 0 Å². The number of hydrogen-bond donors (Lipinski definition) is 3. The third-order valence-electron chi connectivity index (χ3n) is 17.8. The number of rotatable bonds is 74. The van der Waals surface area contributed by atoms with E-state index in [4.69, 9.17) is 37.0 Å². The third kappa shape index (κ3) is 70.5. The summed E-state index contributed by atoms with van der Waals surface area (Å²) in [5.41, 5.74) is 0. The Balaban J connectivity index is 5.26. The topological polar surface area (TPSA) is 237 Å². The van der Waals surface area contributed by atoms with Gasteiger partial charge in [0.25, 0.3) is 0 Å². The highest BCUT2D eigenvalue weighted by atomic mass is 31.2. The number of aliphatic hydroxyl groups is 1. The van der Waals surface area contributed by atoms with Crippen LogP contribution in [-0.4, -0.2) is 96.7 Å². The van der Waals surface area contributed by atoms with Gasteiger partial charge in [-0.2, -0.15) is 0 Å². The second kappa shape index (κ2) is 66.3. The molecule has 0 aliphatic carbocycles. The van der Waals surface area contributed by atoms with Crippen molar-refractivity contribution in [2.45, 2.75) is 408 Å². The number of carbonyl (C=O) groups is 4. The molecule has 0 spiro atoms. The standard InChI is InChI=1S/C77H150O17P2/c1-67(2)53-45-37-29-22-16-10-9-11-19-25-33-41-49-57-74(79)87-63-72(93-76(81)59-51-43-34-26-20-14-12-17-23-30-38-46-54-68(3)4)65-91-95(83,84)89-61-71(78)62-90-96(85,86)92-66-73(64-88-75(80)58-50-42-36-28-32-40-48-56-70(7)8)94-77(82)60-52-44-35-27-21-15-13-18-24-31-39-47-55-69(5)6/h67-73,78H,9-66H2,1-8H3,(H,83,84)(H,85,86)/t71?,72-,73-/m1/s1. The summed E-state index contributed by atoms with van der Waals surface area (Å²) in [7, 11) is -9.92. The van der Waals surface area contributed by atoms with E-state index in [0.29, 0.717) is 31.6 Å². The van der Waals surface area contributed by atoms with Crippen molar-refractivity contribution in [3.8, 4) is 0 Å².